The van der Waals surface area contributed by atoms with Gasteiger partial charge >= 0.3 is 0 Å². The number of halogens is 1. The smallest absolute Gasteiger partial charge is 0.227 e. The molecule has 0 bridgehead atoms. The van der Waals surface area contributed by atoms with Gasteiger partial charge in [0, 0.05) is 29.3 Å². The Morgan fingerprint density at radius 2 is 1.95 bits per heavy atom. The van der Waals surface area contributed by atoms with Crippen LogP contribution in [0.1, 0.15) is 0 Å². The second kappa shape index (κ2) is 5.76. The Bertz CT molecular complexity index is 758. The molecule has 2 heterocycles. The van der Waals surface area contributed by atoms with E-state index >= 15 is 0 Å². The first kappa shape index (κ1) is 13.3. The summed E-state index contributed by atoms with van der Waals surface area (Å²) in [5, 5.41) is 3.57. The van der Waals surface area contributed by atoms with Crippen molar-refractivity contribution < 1.29 is 0 Å². The molecule has 0 atom stereocenters. The zero-order valence-corrected chi connectivity index (χ0v) is 11.7. The molecule has 21 heavy (non-hydrogen) atoms. The van der Waals surface area contributed by atoms with Crippen LogP contribution >= 0.6 is 11.6 Å². The van der Waals surface area contributed by atoms with Crippen molar-refractivity contribution >= 4 is 28.9 Å². The Morgan fingerprint density at radius 3 is 2.71 bits per heavy atom. The Hall–Kier alpha value is -2.66. The lowest BCUT2D eigenvalue weighted by Gasteiger charge is -2.07. The first-order valence-electron chi connectivity index (χ1n) is 6.28. The van der Waals surface area contributed by atoms with Gasteiger partial charge in [-0.15, -0.1) is 0 Å². The van der Waals surface area contributed by atoms with Crippen LogP contribution in [0.5, 0.6) is 0 Å². The number of nitrogen functional groups attached to an aromatic ring is 1. The molecule has 104 valence electrons. The van der Waals surface area contributed by atoms with Crippen LogP contribution < -0.4 is 11.1 Å². The number of pyridine rings is 1. The van der Waals surface area contributed by atoms with E-state index in [1.165, 1.54) is 0 Å². The minimum Gasteiger partial charge on any atom is -0.399 e. The molecule has 0 amide bonds. The third-order valence-electron chi connectivity index (χ3n) is 2.82. The molecule has 0 saturated heterocycles. The van der Waals surface area contributed by atoms with Crippen LogP contribution in [0.3, 0.4) is 0 Å². The number of benzene rings is 1. The van der Waals surface area contributed by atoms with Crippen LogP contribution in [0.15, 0.2) is 54.9 Å². The van der Waals surface area contributed by atoms with E-state index in [1.807, 2.05) is 36.4 Å². The highest BCUT2D eigenvalue weighted by Crippen LogP contribution is 2.20. The van der Waals surface area contributed by atoms with Crippen LogP contribution in [-0.4, -0.2) is 15.0 Å². The van der Waals surface area contributed by atoms with Gasteiger partial charge in [0.2, 0.25) is 5.95 Å². The predicted molar refractivity (Wildman–Crippen MR) is 84.4 cm³/mol. The van der Waals surface area contributed by atoms with Gasteiger partial charge in [0.1, 0.15) is 5.15 Å². The van der Waals surface area contributed by atoms with Crippen molar-refractivity contribution in [1.29, 1.82) is 0 Å². The van der Waals surface area contributed by atoms with E-state index in [1.54, 1.807) is 18.5 Å². The number of rotatable bonds is 3. The molecule has 0 aliphatic heterocycles. The van der Waals surface area contributed by atoms with Crippen LogP contribution in [0.2, 0.25) is 5.15 Å². The molecule has 0 radical (unpaired) electrons. The maximum absolute atomic E-state index is 5.78. The third kappa shape index (κ3) is 3.27. The zero-order chi connectivity index (χ0) is 14.7. The van der Waals surface area contributed by atoms with Gasteiger partial charge in [-0.3, -0.25) is 0 Å². The molecule has 0 aliphatic rings. The molecular weight excluding hydrogens is 286 g/mol. The van der Waals surface area contributed by atoms with Crippen molar-refractivity contribution in [3.63, 3.8) is 0 Å². The number of anilines is 3. The molecule has 3 aromatic rings. The van der Waals surface area contributed by atoms with Gasteiger partial charge in [-0.05, 0) is 36.4 Å². The lowest BCUT2D eigenvalue weighted by Crippen LogP contribution is -1.98. The molecular formula is C15H12ClN5. The lowest BCUT2D eigenvalue weighted by atomic mass is 10.2. The first-order chi connectivity index (χ1) is 10.2. The third-order valence-corrected chi connectivity index (χ3v) is 3.05. The number of aromatic nitrogens is 3. The molecule has 2 aromatic heterocycles. The van der Waals surface area contributed by atoms with Gasteiger partial charge in [0.15, 0.2) is 0 Å². The molecule has 3 rings (SSSR count). The van der Waals surface area contributed by atoms with Crippen molar-refractivity contribution in [1.82, 2.24) is 15.0 Å². The fraction of sp³-hybridized carbons (Fsp3) is 0. The average molecular weight is 298 g/mol. The van der Waals surface area contributed by atoms with Crippen molar-refractivity contribution in [2.75, 3.05) is 11.1 Å². The SMILES string of the molecule is Nc1cccc(Nc2nccc(-c3ccc(Cl)nc3)n2)c1. The average Bonchev–Trinajstić information content (AvgIpc) is 2.48. The summed E-state index contributed by atoms with van der Waals surface area (Å²) in [4.78, 5) is 12.7. The number of nitrogens with zero attached hydrogens (tertiary/aromatic N) is 3. The van der Waals surface area contributed by atoms with Crippen LogP contribution in [0.25, 0.3) is 11.3 Å². The highest BCUT2D eigenvalue weighted by molar-refractivity contribution is 6.29. The molecule has 1 aromatic carbocycles. The van der Waals surface area contributed by atoms with Crippen LogP contribution in [0, 0.1) is 0 Å². The monoisotopic (exact) mass is 297 g/mol. The summed E-state index contributed by atoms with van der Waals surface area (Å²) in [5.41, 5.74) is 8.90. The number of hydrogen-bond donors (Lipinski definition) is 2. The summed E-state index contributed by atoms with van der Waals surface area (Å²) in [7, 11) is 0. The number of nitrogens with two attached hydrogens (primary N) is 1. The van der Waals surface area contributed by atoms with E-state index in [2.05, 4.69) is 20.3 Å². The van der Waals surface area contributed by atoms with E-state index in [9.17, 15) is 0 Å². The second-order valence-corrected chi connectivity index (χ2v) is 4.77. The molecule has 5 nitrogen and oxygen atoms in total. The van der Waals surface area contributed by atoms with Gasteiger partial charge < -0.3 is 11.1 Å². The lowest BCUT2D eigenvalue weighted by molar-refractivity contribution is 1.16. The fourth-order valence-corrected chi connectivity index (χ4v) is 1.96. The van der Waals surface area contributed by atoms with E-state index in [0.29, 0.717) is 16.8 Å². The van der Waals surface area contributed by atoms with Gasteiger partial charge in [-0.25, -0.2) is 15.0 Å². The van der Waals surface area contributed by atoms with Crippen molar-refractivity contribution in [3.8, 4) is 11.3 Å². The van der Waals surface area contributed by atoms with E-state index in [0.717, 1.165) is 16.9 Å². The summed E-state index contributed by atoms with van der Waals surface area (Å²) in [6, 6.07) is 12.8. The standard InChI is InChI=1S/C15H12ClN5/c16-14-5-4-10(9-19-14)13-6-7-18-15(21-13)20-12-3-1-2-11(17)8-12/h1-9H,17H2,(H,18,20,21). The molecule has 0 saturated carbocycles. The molecule has 0 fully saturated rings. The van der Waals surface area contributed by atoms with Crippen LogP contribution in [-0.2, 0) is 0 Å². The summed E-state index contributed by atoms with van der Waals surface area (Å²) in [6.07, 6.45) is 3.36. The van der Waals surface area contributed by atoms with Gasteiger partial charge in [0.05, 0.1) is 5.69 Å². The summed E-state index contributed by atoms with van der Waals surface area (Å²) < 4.78 is 0. The Labute approximate surface area is 126 Å². The summed E-state index contributed by atoms with van der Waals surface area (Å²) in [6.45, 7) is 0. The molecule has 6 heteroatoms. The minimum atomic E-state index is 0.450. The fourth-order valence-electron chi connectivity index (χ4n) is 1.85. The quantitative estimate of drug-likeness (QED) is 0.571. The number of hydrogen-bond acceptors (Lipinski definition) is 5. The zero-order valence-electron chi connectivity index (χ0n) is 11.0. The summed E-state index contributed by atoms with van der Waals surface area (Å²) in [5.74, 6) is 0.494. The molecule has 0 unspecified atom stereocenters. The van der Waals surface area contributed by atoms with Gasteiger partial charge in [-0.1, -0.05) is 17.7 Å². The molecule has 3 N–H and O–H groups in total. The topological polar surface area (TPSA) is 76.7 Å². The summed E-state index contributed by atoms with van der Waals surface area (Å²) >= 11 is 5.78. The Morgan fingerprint density at radius 1 is 1.05 bits per heavy atom. The second-order valence-electron chi connectivity index (χ2n) is 4.39. The van der Waals surface area contributed by atoms with E-state index < -0.39 is 0 Å². The normalized spacial score (nSPS) is 10.3. The van der Waals surface area contributed by atoms with Crippen molar-refractivity contribution in [2.24, 2.45) is 0 Å². The maximum atomic E-state index is 5.78. The van der Waals surface area contributed by atoms with Crippen LogP contribution in [0.4, 0.5) is 17.3 Å². The van der Waals surface area contributed by atoms with Gasteiger partial charge in [0.25, 0.3) is 0 Å². The highest BCUT2D eigenvalue weighted by Gasteiger charge is 2.03. The van der Waals surface area contributed by atoms with Crippen molar-refractivity contribution in [2.45, 2.75) is 0 Å². The number of nitrogens with one attached hydrogen (secondary N) is 1. The van der Waals surface area contributed by atoms with E-state index in [-0.39, 0.29) is 0 Å². The molecule has 0 aliphatic carbocycles. The minimum absolute atomic E-state index is 0.450. The largest absolute Gasteiger partial charge is 0.399 e. The highest BCUT2D eigenvalue weighted by atomic mass is 35.5. The predicted octanol–water partition coefficient (Wildman–Crippen LogP) is 3.52. The van der Waals surface area contributed by atoms with Gasteiger partial charge in [-0.2, -0.15) is 0 Å². The maximum Gasteiger partial charge on any atom is 0.227 e. The van der Waals surface area contributed by atoms with E-state index in [4.69, 9.17) is 17.3 Å². The molecule has 0 spiro atoms. The Kier molecular flexibility index (Phi) is 3.66. The van der Waals surface area contributed by atoms with Crippen molar-refractivity contribution in [3.05, 3.63) is 60.0 Å². The first-order valence-corrected chi connectivity index (χ1v) is 6.66. The Balaban J connectivity index is 1.88.